The lowest BCUT2D eigenvalue weighted by Gasteiger charge is -2.06. The lowest BCUT2D eigenvalue weighted by Crippen LogP contribution is -2.08. The lowest BCUT2D eigenvalue weighted by atomic mass is 10.3. The van der Waals surface area contributed by atoms with Crippen molar-refractivity contribution in [3.8, 4) is 17.2 Å². The van der Waals surface area contributed by atoms with Gasteiger partial charge in [-0.15, -0.1) is 0 Å². The monoisotopic (exact) mass is 268 g/mol. The highest BCUT2D eigenvalue weighted by molar-refractivity contribution is 8.13. The van der Waals surface area contributed by atoms with Crippen LogP contribution in [0.4, 0.5) is 0 Å². The van der Waals surface area contributed by atoms with Crippen LogP contribution in [-0.4, -0.2) is 31.4 Å². The van der Waals surface area contributed by atoms with Gasteiger partial charge in [0.25, 0.3) is 0 Å². The van der Waals surface area contributed by atoms with E-state index in [1.165, 1.54) is 11.8 Å². The third-order valence-electron chi connectivity index (χ3n) is 2.37. The number of fused-ring (bicyclic) bond motifs is 1. The van der Waals surface area contributed by atoms with Crippen molar-refractivity contribution >= 4 is 16.9 Å². The molecule has 0 radical (unpaired) electrons. The van der Waals surface area contributed by atoms with Crippen LogP contribution in [0.2, 0.25) is 0 Å². The van der Waals surface area contributed by atoms with Gasteiger partial charge in [-0.3, -0.25) is 4.99 Å². The third kappa shape index (κ3) is 3.46. The number of nitrogens with two attached hydrogens (primary N) is 1. The number of rotatable bonds is 5. The fourth-order valence-corrected chi connectivity index (χ4v) is 2.06. The number of ether oxygens (including phenoxy) is 3. The van der Waals surface area contributed by atoms with Crippen LogP contribution in [0.25, 0.3) is 0 Å². The van der Waals surface area contributed by atoms with Crippen LogP contribution in [0, 0.1) is 0 Å². The van der Waals surface area contributed by atoms with Gasteiger partial charge in [0.15, 0.2) is 16.7 Å². The molecular formula is C12H16N2O3S. The Morgan fingerprint density at radius 3 is 3.11 bits per heavy atom. The summed E-state index contributed by atoms with van der Waals surface area (Å²) in [5.74, 6) is 3.20. The quantitative estimate of drug-likeness (QED) is 0.501. The van der Waals surface area contributed by atoms with Gasteiger partial charge in [-0.25, -0.2) is 0 Å². The topological polar surface area (TPSA) is 66.1 Å². The van der Waals surface area contributed by atoms with Crippen LogP contribution in [0.5, 0.6) is 17.2 Å². The van der Waals surface area contributed by atoms with Crippen LogP contribution in [0.15, 0.2) is 23.2 Å². The van der Waals surface area contributed by atoms with Crippen molar-refractivity contribution in [2.24, 2.45) is 10.7 Å². The first-order valence-electron chi connectivity index (χ1n) is 5.67. The largest absolute Gasteiger partial charge is 0.493 e. The highest BCUT2D eigenvalue weighted by Crippen LogP contribution is 2.35. The van der Waals surface area contributed by atoms with Gasteiger partial charge in [0, 0.05) is 18.9 Å². The number of benzene rings is 1. The predicted octanol–water partition coefficient (Wildman–Crippen LogP) is 1.86. The van der Waals surface area contributed by atoms with Crippen molar-refractivity contribution in [3.63, 3.8) is 0 Å². The molecule has 18 heavy (non-hydrogen) atoms. The summed E-state index contributed by atoms with van der Waals surface area (Å²) in [4.78, 5) is 3.87. The third-order valence-corrected chi connectivity index (χ3v) is 3.34. The fourth-order valence-electron chi connectivity index (χ4n) is 1.46. The van der Waals surface area contributed by atoms with E-state index in [0.717, 1.165) is 29.4 Å². The molecule has 0 spiro atoms. The second-order valence-electron chi connectivity index (χ2n) is 3.63. The summed E-state index contributed by atoms with van der Waals surface area (Å²) in [7, 11) is 1.69. The average Bonchev–Trinajstić information content (AvgIpc) is 2.85. The Morgan fingerprint density at radius 1 is 1.44 bits per heavy atom. The number of aliphatic imine (C=N–C) groups is 1. The maximum atomic E-state index is 5.62. The molecule has 5 nitrogen and oxygen atoms in total. The van der Waals surface area contributed by atoms with Gasteiger partial charge in [-0.2, -0.15) is 0 Å². The first-order chi connectivity index (χ1) is 8.79. The van der Waals surface area contributed by atoms with Crippen molar-refractivity contribution in [3.05, 3.63) is 18.2 Å². The summed E-state index contributed by atoms with van der Waals surface area (Å²) >= 11 is 1.53. The molecule has 0 saturated carbocycles. The number of thioether (sulfide) groups is 1. The second-order valence-corrected chi connectivity index (χ2v) is 4.74. The van der Waals surface area contributed by atoms with Gasteiger partial charge >= 0.3 is 0 Å². The minimum Gasteiger partial charge on any atom is -0.493 e. The predicted molar refractivity (Wildman–Crippen MR) is 72.7 cm³/mol. The lowest BCUT2D eigenvalue weighted by molar-refractivity contribution is 0.173. The molecule has 0 bridgehead atoms. The van der Waals surface area contributed by atoms with Crippen molar-refractivity contribution < 1.29 is 14.2 Å². The summed E-state index contributed by atoms with van der Waals surface area (Å²) in [5, 5.41) is 0.609. The normalized spacial score (nSPS) is 13.7. The number of nitrogens with zero attached hydrogens (tertiary/aromatic N) is 1. The standard InChI is InChI=1S/C12H16N2O3S/c1-14-12(13)18-6-2-5-15-9-3-4-10-11(7-9)17-8-16-10/h3-4,7H,2,5-6,8H2,1H3,(H2,13,14). The van der Waals surface area contributed by atoms with Gasteiger partial charge in [-0.05, 0) is 18.6 Å². The minimum atomic E-state index is 0.283. The molecule has 98 valence electrons. The molecule has 1 aromatic carbocycles. The van der Waals surface area contributed by atoms with E-state index >= 15 is 0 Å². The first-order valence-corrected chi connectivity index (χ1v) is 6.65. The van der Waals surface area contributed by atoms with E-state index in [4.69, 9.17) is 19.9 Å². The maximum absolute atomic E-state index is 5.62. The Balaban J connectivity index is 1.71. The Kier molecular flexibility index (Phi) is 4.58. The minimum absolute atomic E-state index is 0.283. The van der Waals surface area contributed by atoms with E-state index in [2.05, 4.69) is 4.99 Å². The van der Waals surface area contributed by atoms with Crippen molar-refractivity contribution in [1.29, 1.82) is 0 Å². The smallest absolute Gasteiger partial charge is 0.231 e. The van der Waals surface area contributed by atoms with Crippen molar-refractivity contribution in [1.82, 2.24) is 0 Å². The molecule has 1 aromatic rings. The summed E-state index contributed by atoms with van der Waals surface area (Å²) in [6.45, 7) is 0.925. The highest BCUT2D eigenvalue weighted by Gasteiger charge is 2.13. The van der Waals surface area contributed by atoms with Gasteiger partial charge in [-0.1, -0.05) is 11.8 Å². The number of amidine groups is 1. The molecule has 2 N–H and O–H groups in total. The second kappa shape index (κ2) is 6.39. The van der Waals surface area contributed by atoms with Gasteiger partial charge in [0.1, 0.15) is 5.75 Å². The summed E-state index contributed by atoms with van der Waals surface area (Å²) in [6, 6.07) is 5.58. The van der Waals surface area contributed by atoms with Crippen LogP contribution in [0.1, 0.15) is 6.42 Å². The molecule has 0 aliphatic carbocycles. The van der Waals surface area contributed by atoms with Crippen LogP contribution < -0.4 is 19.9 Å². The Labute approximate surface area is 110 Å². The molecule has 1 heterocycles. The van der Waals surface area contributed by atoms with Gasteiger partial charge in [0.05, 0.1) is 6.61 Å². The maximum Gasteiger partial charge on any atom is 0.231 e. The fraction of sp³-hybridized carbons (Fsp3) is 0.417. The Morgan fingerprint density at radius 2 is 2.28 bits per heavy atom. The zero-order chi connectivity index (χ0) is 12.8. The van der Waals surface area contributed by atoms with E-state index in [-0.39, 0.29) is 6.79 Å². The molecule has 0 amide bonds. The van der Waals surface area contributed by atoms with Gasteiger partial charge in [0.2, 0.25) is 6.79 Å². The molecular weight excluding hydrogens is 252 g/mol. The SMILES string of the molecule is CN=C(N)SCCCOc1ccc2c(c1)OCO2. The van der Waals surface area contributed by atoms with E-state index in [9.17, 15) is 0 Å². The van der Waals surface area contributed by atoms with Crippen LogP contribution in [0.3, 0.4) is 0 Å². The Bertz CT molecular complexity index is 437. The van der Waals surface area contributed by atoms with Crippen LogP contribution >= 0.6 is 11.8 Å². The van der Waals surface area contributed by atoms with Gasteiger partial charge < -0.3 is 19.9 Å². The number of hydrogen-bond acceptors (Lipinski definition) is 5. The van der Waals surface area contributed by atoms with Crippen molar-refractivity contribution in [2.75, 3.05) is 26.2 Å². The van der Waals surface area contributed by atoms with Crippen LogP contribution in [-0.2, 0) is 0 Å². The number of hydrogen-bond donors (Lipinski definition) is 1. The van der Waals surface area contributed by atoms with E-state index in [1.807, 2.05) is 18.2 Å². The highest BCUT2D eigenvalue weighted by atomic mass is 32.2. The molecule has 1 aliphatic rings. The molecule has 6 heteroatoms. The summed E-state index contributed by atoms with van der Waals surface area (Å²) in [5.41, 5.74) is 5.57. The Hall–Kier alpha value is -1.56. The molecule has 0 atom stereocenters. The molecule has 0 fully saturated rings. The summed E-state index contributed by atoms with van der Waals surface area (Å²) < 4.78 is 16.1. The molecule has 1 aliphatic heterocycles. The zero-order valence-corrected chi connectivity index (χ0v) is 11.0. The van der Waals surface area contributed by atoms with E-state index in [0.29, 0.717) is 11.8 Å². The van der Waals surface area contributed by atoms with E-state index in [1.54, 1.807) is 7.05 Å². The first kappa shape index (κ1) is 12.9. The molecule has 2 rings (SSSR count). The summed E-state index contributed by atoms with van der Waals surface area (Å²) in [6.07, 6.45) is 0.912. The molecule has 0 unspecified atom stereocenters. The molecule has 0 saturated heterocycles. The average molecular weight is 268 g/mol. The van der Waals surface area contributed by atoms with Crippen molar-refractivity contribution in [2.45, 2.75) is 6.42 Å². The van der Waals surface area contributed by atoms with E-state index < -0.39 is 0 Å². The molecule has 0 aromatic heterocycles. The zero-order valence-electron chi connectivity index (χ0n) is 10.2.